The fraction of sp³-hybridized carbons (Fsp3) is 0.625. The Morgan fingerprint density at radius 2 is 2.05 bits per heavy atom. The van der Waals surface area contributed by atoms with E-state index in [0.717, 1.165) is 18.7 Å². The van der Waals surface area contributed by atoms with E-state index in [0.29, 0.717) is 6.04 Å². The van der Waals surface area contributed by atoms with Gasteiger partial charge in [-0.2, -0.15) is 0 Å². The molecule has 0 aromatic heterocycles. The quantitative estimate of drug-likeness (QED) is 0.619. The van der Waals surface area contributed by atoms with Crippen molar-refractivity contribution in [1.82, 2.24) is 10.2 Å². The zero-order valence-electron chi connectivity index (χ0n) is 12.9. The van der Waals surface area contributed by atoms with Crippen LogP contribution < -0.4 is 5.32 Å². The number of hydrogen-bond donors (Lipinski definition) is 1. The van der Waals surface area contributed by atoms with Gasteiger partial charge >= 0.3 is 0 Å². The summed E-state index contributed by atoms with van der Waals surface area (Å²) >= 11 is 0. The molecule has 1 aliphatic rings. The Kier molecular flexibility index (Phi) is 5.70. The predicted molar refractivity (Wildman–Crippen MR) is 84.4 cm³/mol. The summed E-state index contributed by atoms with van der Waals surface area (Å²) in [4.78, 5) is 13.2. The Morgan fingerprint density at radius 3 is 2.71 bits per heavy atom. The molecule has 21 heavy (non-hydrogen) atoms. The molecule has 0 spiro atoms. The third kappa shape index (κ3) is 4.25. The molecular weight excluding hydrogens is 266 g/mol. The summed E-state index contributed by atoms with van der Waals surface area (Å²) in [5, 5.41) is 14.5. The summed E-state index contributed by atoms with van der Waals surface area (Å²) in [5.41, 5.74) is 0.952. The van der Waals surface area contributed by atoms with Crippen LogP contribution in [0.5, 0.6) is 0 Å². The third-order valence-corrected chi connectivity index (χ3v) is 4.46. The van der Waals surface area contributed by atoms with Crippen LogP contribution in [-0.4, -0.2) is 36.0 Å². The first kappa shape index (κ1) is 15.9. The maximum absolute atomic E-state index is 11.1. The summed E-state index contributed by atoms with van der Waals surface area (Å²) in [6, 6.07) is 7.67. The van der Waals surface area contributed by atoms with Crippen LogP contribution in [0.2, 0.25) is 0 Å². The van der Waals surface area contributed by atoms with Crippen molar-refractivity contribution in [3.05, 3.63) is 39.9 Å². The van der Waals surface area contributed by atoms with E-state index < -0.39 is 0 Å². The molecule has 0 bridgehead atoms. The molecule has 116 valence electrons. The SMILES string of the molecule is CC(NCCN(C)C1CCCC1)c1ccccc1[N+](=O)[O-]. The molecule has 0 aliphatic heterocycles. The molecule has 1 fully saturated rings. The van der Waals surface area contributed by atoms with E-state index in [1.165, 1.54) is 25.7 Å². The van der Waals surface area contributed by atoms with Gasteiger partial charge in [0.15, 0.2) is 0 Å². The molecule has 1 aliphatic carbocycles. The largest absolute Gasteiger partial charge is 0.309 e. The van der Waals surface area contributed by atoms with Gasteiger partial charge in [-0.15, -0.1) is 0 Å². The van der Waals surface area contributed by atoms with E-state index in [4.69, 9.17) is 0 Å². The van der Waals surface area contributed by atoms with Crippen molar-refractivity contribution in [1.29, 1.82) is 0 Å². The molecule has 1 atom stereocenters. The number of hydrogen-bond acceptors (Lipinski definition) is 4. The Balaban J connectivity index is 1.84. The van der Waals surface area contributed by atoms with Crippen molar-refractivity contribution in [3.8, 4) is 0 Å². The van der Waals surface area contributed by atoms with Gasteiger partial charge in [-0.25, -0.2) is 0 Å². The van der Waals surface area contributed by atoms with Gasteiger partial charge in [0, 0.05) is 36.8 Å². The highest BCUT2D eigenvalue weighted by molar-refractivity contribution is 5.41. The summed E-state index contributed by atoms with van der Waals surface area (Å²) in [7, 11) is 2.17. The van der Waals surface area contributed by atoms with Crippen molar-refractivity contribution in [2.45, 2.75) is 44.7 Å². The van der Waals surface area contributed by atoms with Crippen molar-refractivity contribution in [2.75, 3.05) is 20.1 Å². The van der Waals surface area contributed by atoms with E-state index in [1.807, 2.05) is 19.1 Å². The Labute approximate surface area is 126 Å². The number of para-hydroxylation sites is 1. The van der Waals surface area contributed by atoms with Crippen LogP contribution in [0.25, 0.3) is 0 Å². The fourth-order valence-corrected chi connectivity index (χ4v) is 3.11. The van der Waals surface area contributed by atoms with Gasteiger partial charge in [0.05, 0.1) is 4.92 Å². The van der Waals surface area contributed by atoms with E-state index in [-0.39, 0.29) is 16.7 Å². The molecule has 1 aromatic carbocycles. The molecule has 5 heteroatoms. The molecule has 0 heterocycles. The van der Waals surface area contributed by atoms with E-state index in [2.05, 4.69) is 17.3 Å². The number of nitrogens with zero attached hydrogens (tertiary/aromatic N) is 2. The van der Waals surface area contributed by atoms with Crippen LogP contribution in [0.4, 0.5) is 5.69 Å². The van der Waals surface area contributed by atoms with E-state index >= 15 is 0 Å². The molecule has 1 unspecified atom stereocenters. The fourth-order valence-electron chi connectivity index (χ4n) is 3.11. The second-order valence-electron chi connectivity index (χ2n) is 5.91. The Bertz CT molecular complexity index is 472. The van der Waals surface area contributed by atoms with Crippen LogP contribution in [0, 0.1) is 10.1 Å². The number of rotatable bonds is 7. The number of nitro benzene ring substituents is 1. The smallest absolute Gasteiger partial charge is 0.274 e. The molecule has 1 saturated carbocycles. The minimum Gasteiger partial charge on any atom is -0.309 e. The van der Waals surface area contributed by atoms with Crippen molar-refractivity contribution >= 4 is 5.69 Å². The lowest BCUT2D eigenvalue weighted by atomic mass is 10.1. The van der Waals surface area contributed by atoms with E-state index in [1.54, 1.807) is 12.1 Å². The first-order valence-corrected chi connectivity index (χ1v) is 7.76. The van der Waals surface area contributed by atoms with Crippen LogP contribution in [0.3, 0.4) is 0 Å². The van der Waals surface area contributed by atoms with Crippen LogP contribution in [-0.2, 0) is 0 Å². The second kappa shape index (κ2) is 7.52. The minimum absolute atomic E-state index is 0.0106. The van der Waals surface area contributed by atoms with Gasteiger partial charge in [-0.3, -0.25) is 10.1 Å². The highest BCUT2D eigenvalue weighted by Crippen LogP contribution is 2.24. The third-order valence-electron chi connectivity index (χ3n) is 4.46. The summed E-state index contributed by atoms with van der Waals surface area (Å²) in [6.07, 6.45) is 5.29. The van der Waals surface area contributed by atoms with Gasteiger partial charge < -0.3 is 10.2 Å². The second-order valence-corrected chi connectivity index (χ2v) is 5.91. The van der Waals surface area contributed by atoms with Crippen LogP contribution >= 0.6 is 0 Å². The Morgan fingerprint density at radius 1 is 1.38 bits per heavy atom. The lowest BCUT2D eigenvalue weighted by Crippen LogP contribution is -2.36. The van der Waals surface area contributed by atoms with Crippen LogP contribution in [0.15, 0.2) is 24.3 Å². The monoisotopic (exact) mass is 291 g/mol. The summed E-state index contributed by atoms with van der Waals surface area (Å²) in [6.45, 7) is 3.81. The van der Waals surface area contributed by atoms with Crippen molar-refractivity contribution in [3.63, 3.8) is 0 Å². The first-order chi connectivity index (χ1) is 10.1. The maximum atomic E-state index is 11.1. The molecule has 0 amide bonds. The highest BCUT2D eigenvalue weighted by Gasteiger charge is 2.20. The van der Waals surface area contributed by atoms with Crippen LogP contribution in [0.1, 0.15) is 44.2 Å². The van der Waals surface area contributed by atoms with E-state index in [9.17, 15) is 10.1 Å². The highest BCUT2D eigenvalue weighted by atomic mass is 16.6. The van der Waals surface area contributed by atoms with Gasteiger partial charge in [-0.1, -0.05) is 31.0 Å². The first-order valence-electron chi connectivity index (χ1n) is 7.76. The topological polar surface area (TPSA) is 58.4 Å². The average Bonchev–Trinajstić information content (AvgIpc) is 3.01. The lowest BCUT2D eigenvalue weighted by Gasteiger charge is -2.25. The molecule has 0 saturated heterocycles. The van der Waals surface area contributed by atoms with Gasteiger partial charge in [0.25, 0.3) is 5.69 Å². The normalized spacial score (nSPS) is 17.3. The number of nitrogens with one attached hydrogen (secondary N) is 1. The molecule has 0 radical (unpaired) electrons. The zero-order valence-corrected chi connectivity index (χ0v) is 12.9. The van der Waals surface area contributed by atoms with Crippen molar-refractivity contribution < 1.29 is 4.92 Å². The molecular formula is C16H25N3O2. The lowest BCUT2D eigenvalue weighted by molar-refractivity contribution is -0.385. The predicted octanol–water partition coefficient (Wildman–Crippen LogP) is 3.12. The zero-order chi connectivity index (χ0) is 15.2. The molecule has 5 nitrogen and oxygen atoms in total. The average molecular weight is 291 g/mol. The van der Waals surface area contributed by atoms with Gasteiger partial charge in [0.2, 0.25) is 0 Å². The standard InChI is InChI=1S/C16H25N3O2/c1-13(15-9-5-6-10-16(15)19(20)21)17-11-12-18(2)14-7-3-4-8-14/h5-6,9-10,13-14,17H,3-4,7-8,11-12H2,1-2H3. The molecule has 2 rings (SSSR count). The molecule has 1 aromatic rings. The van der Waals surface area contributed by atoms with Gasteiger partial charge in [-0.05, 0) is 26.8 Å². The van der Waals surface area contributed by atoms with Crippen molar-refractivity contribution in [2.24, 2.45) is 0 Å². The van der Waals surface area contributed by atoms with Gasteiger partial charge in [0.1, 0.15) is 0 Å². The summed E-state index contributed by atoms with van der Waals surface area (Å²) in [5.74, 6) is 0. The number of nitro groups is 1. The number of likely N-dealkylation sites (N-methyl/N-ethyl adjacent to an activating group) is 1. The minimum atomic E-state index is -0.307. The molecule has 1 N–H and O–H groups in total. The number of benzene rings is 1. The maximum Gasteiger partial charge on any atom is 0.274 e. The Hall–Kier alpha value is -1.46. The summed E-state index contributed by atoms with van der Waals surface area (Å²) < 4.78 is 0.